The molecule has 0 bridgehead atoms. The molecule has 0 aromatic heterocycles. The first-order valence-electron chi connectivity index (χ1n) is 7.98. The SMILES string of the molecule is CN=C(NCC1CCCO1)NCC(c1ccccc1)N(C)C. The van der Waals surface area contributed by atoms with Gasteiger partial charge in [-0.1, -0.05) is 30.3 Å². The summed E-state index contributed by atoms with van der Waals surface area (Å²) in [5, 5.41) is 6.77. The Hall–Kier alpha value is -1.59. The van der Waals surface area contributed by atoms with E-state index in [1.54, 1.807) is 7.05 Å². The predicted octanol–water partition coefficient (Wildman–Crippen LogP) is 1.63. The summed E-state index contributed by atoms with van der Waals surface area (Å²) in [4.78, 5) is 6.51. The lowest BCUT2D eigenvalue weighted by Gasteiger charge is -2.26. The van der Waals surface area contributed by atoms with E-state index < -0.39 is 0 Å². The van der Waals surface area contributed by atoms with Gasteiger partial charge in [0, 0.05) is 26.7 Å². The zero-order chi connectivity index (χ0) is 15.8. The lowest BCUT2D eigenvalue weighted by atomic mass is 10.1. The maximum Gasteiger partial charge on any atom is 0.191 e. The zero-order valence-electron chi connectivity index (χ0n) is 13.9. The van der Waals surface area contributed by atoms with Gasteiger partial charge in [0.2, 0.25) is 0 Å². The van der Waals surface area contributed by atoms with Gasteiger partial charge in [-0.15, -0.1) is 0 Å². The molecule has 122 valence electrons. The van der Waals surface area contributed by atoms with Gasteiger partial charge in [-0.3, -0.25) is 4.99 Å². The van der Waals surface area contributed by atoms with Crippen LogP contribution >= 0.6 is 0 Å². The van der Waals surface area contributed by atoms with Crippen molar-refractivity contribution in [2.45, 2.75) is 25.0 Å². The lowest BCUT2D eigenvalue weighted by Crippen LogP contribution is -2.44. The van der Waals surface area contributed by atoms with Crippen LogP contribution in [0, 0.1) is 0 Å². The second-order valence-electron chi connectivity index (χ2n) is 5.86. The Morgan fingerprint density at radius 1 is 1.32 bits per heavy atom. The van der Waals surface area contributed by atoms with Crippen molar-refractivity contribution in [1.29, 1.82) is 0 Å². The van der Waals surface area contributed by atoms with E-state index in [9.17, 15) is 0 Å². The van der Waals surface area contributed by atoms with Crippen molar-refractivity contribution in [2.24, 2.45) is 4.99 Å². The van der Waals surface area contributed by atoms with Crippen molar-refractivity contribution in [3.63, 3.8) is 0 Å². The van der Waals surface area contributed by atoms with Gasteiger partial charge in [0.15, 0.2) is 5.96 Å². The molecular weight excluding hydrogens is 276 g/mol. The largest absolute Gasteiger partial charge is 0.376 e. The minimum absolute atomic E-state index is 0.308. The maximum atomic E-state index is 5.63. The molecule has 0 spiro atoms. The number of nitrogens with zero attached hydrogens (tertiary/aromatic N) is 2. The monoisotopic (exact) mass is 304 g/mol. The van der Waals surface area contributed by atoms with Crippen LogP contribution < -0.4 is 10.6 Å². The van der Waals surface area contributed by atoms with Crippen LogP contribution in [0.5, 0.6) is 0 Å². The Labute approximate surface area is 133 Å². The van der Waals surface area contributed by atoms with E-state index in [0.717, 1.165) is 38.5 Å². The van der Waals surface area contributed by atoms with Crippen molar-refractivity contribution in [3.8, 4) is 0 Å². The normalized spacial score (nSPS) is 20.2. The van der Waals surface area contributed by atoms with Crippen LogP contribution in [0.15, 0.2) is 35.3 Å². The highest BCUT2D eigenvalue weighted by Gasteiger charge is 2.17. The third-order valence-electron chi connectivity index (χ3n) is 4.02. The Balaban J connectivity index is 1.84. The molecule has 1 fully saturated rings. The van der Waals surface area contributed by atoms with Crippen LogP contribution in [0.3, 0.4) is 0 Å². The Kier molecular flexibility index (Phi) is 6.68. The van der Waals surface area contributed by atoms with Gasteiger partial charge in [-0.2, -0.15) is 0 Å². The van der Waals surface area contributed by atoms with E-state index in [1.165, 1.54) is 5.56 Å². The third-order valence-corrected chi connectivity index (χ3v) is 4.02. The summed E-state index contributed by atoms with van der Waals surface area (Å²) in [6, 6.07) is 10.8. The Bertz CT molecular complexity index is 455. The topological polar surface area (TPSA) is 48.9 Å². The first-order valence-corrected chi connectivity index (χ1v) is 7.98. The molecule has 1 aliphatic rings. The highest BCUT2D eigenvalue weighted by Crippen LogP contribution is 2.16. The van der Waals surface area contributed by atoms with E-state index in [-0.39, 0.29) is 0 Å². The Morgan fingerprint density at radius 2 is 2.09 bits per heavy atom. The molecule has 1 aromatic rings. The van der Waals surface area contributed by atoms with Crippen LogP contribution in [0.25, 0.3) is 0 Å². The second-order valence-corrected chi connectivity index (χ2v) is 5.86. The molecule has 2 atom stereocenters. The van der Waals surface area contributed by atoms with Gasteiger partial charge in [-0.05, 0) is 32.5 Å². The predicted molar refractivity (Wildman–Crippen MR) is 91.2 cm³/mol. The fourth-order valence-electron chi connectivity index (χ4n) is 2.70. The number of hydrogen-bond donors (Lipinski definition) is 2. The number of benzene rings is 1. The fraction of sp³-hybridized carbons (Fsp3) is 0.588. The molecule has 0 radical (unpaired) electrons. The van der Waals surface area contributed by atoms with E-state index in [0.29, 0.717) is 12.1 Å². The zero-order valence-corrected chi connectivity index (χ0v) is 13.9. The number of nitrogens with one attached hydrogen (secondary N) is 2. The summed E-state index contributed by atoms with van der Waals surface area (Å²) in [6.07, 6.45) is 2.61. The van der Waals surface area contributed by atoms with Crippen molar-refractivity contribution < 1.29 is 4.74 Å². The Morgan fingerprint density at radius 3 is 2.68 bits per heavy atom. The molecule has 0 saturated carbocycles. The van der Waals surface area contributed by atoms with Crippen molar-refractivity contribution in [2.75, 3.05) is 40.8 Å². The average Bonchev–Trinajstić information content (AvgIpc) is 3.04. The average molecular weight is 304 g/mol. The minimum Gasteiger partial charge on any atom is -0.376 e. The first-order chi connectivity index (χ1) is 10.7. The molecule has 1 heterocycles. The third kappa shape index (κ3) is 5.00. The highest BCUT2D eigenvalue weighted by molar-refractivity contribution is 5.79. The van der Waals surface area contributed by atoms with Crippen LogP contribution in [0.2, 0.25) is 0 Å². The fourth-order valence-corrected chi connectivity index (χ4v) is 2.70. The number of likely N-dealkylation sites (N-methyl/N-ethyl adjacent to an activating group) is 1. The molecule has 0 amide bonds. The quantitative estimate of drug-likeness (QED) is 0.619. The molecule has 0 aliphatic carbocycles. The van der Waals surface area contributed by atoms with Crippen molar-refractivity contribution in [1.82, 2.24) is 15.5 Å². The van der Waals surface area contributed by atoms with Gasteiger partial charge in [0.25, 0.3) is 0 Å². The minimum atomic E-state index is 0.308. The molecule has 1 saturated heterocycles. The smallest absolute Gasteiger partial charge is 0.191 e. The number of hydrogen-bond acceptors (Lipinski definition) is 3. The second kappa shape index (κ2) is 8.76. The first kappa shape index (κ1) is 16.8. The molecule has 22 heavy (non-hydrogen) atoms. The molecule has 2 rings (SSSR count). The molecule has 1 aliphatic heterocycles. The number of guanidine groups is 1. The molecule has 5 nitrogen and oxygen atoms in total. The van der Waals surface area contributed by atoms with E-state index >= 15 is 0 Å². The van der Waals surface area contributed by atoms with Gasteiger partial charge in [-0.25, -0.2) is 0 Å². The standard InChI is InChI=1S/C17H28N4O/c1-18-17(19-12-15-10-7-11-22-15)20-13-16(21(2)3)14-8-5-4-6-9-14/h4-6,8-9,15-16H,7,10-13H2,1-3H3,(H2,18,19,20). The van der Waals surface area contributed by atoms with Gasteiger partial charge in [0.1, 0.15) is 0 Å². The number of ether oxygens (including phenoxy) is 1. The summed E-state index contributed by atoms with van der Waals surface area (Å²) >= 11 is 0. The highest BCUT2D eigenvalue weighted by atomic mass is 16.5. The summed E-state index contributed by atoms with van der Waals surface area (Å²) in [5.74, 6) is 0.832. The van der Waals surface area contributed by atoms with Crippen LogP contribution in [-0.4, -0.2) is 57.8 Å². The van der Waals surface area contributed by atoms with Gasteiger partial charge >= 0.3 is 0 Å². The van der Waals surface area contributed by atoms with E-state index in [1.807, 2.05) is 6.07 Å². The van der Waals surface area contributed by atoms with Gasteiger partial charge < -0.3 is 20.3 Å². The molecule has 2 N–H and O–H groups in total. The number of rotatable bonds is 6. The lowest BCUT2D eigenvalue weighted by molar-refractivity contribution is 0.113. The maximum absolute atomic E-state index is 5.63. The van der Waals surface area contributed by atoms with E-state index in [4.69, 9.17) is 4.74 Å². The van der Waals surface area contributed by atoms with Crippen LogP contribution in [-0.2, 0) is 4.74 Å². The molecule has 2 unspecified atom stereocenters. The number of aliphatic imine (C=N–C) groups is 1. The molecule has 5 heteroatoms. The van der Waals surface area contributed by atoms with Crippen LogP contribution in [0.1, 0.15) is 24.4 Å². The summed E-state index contributed by atoms with van der Waals surface area (Å²) < 4.78 is 5.63. The van der Waals surface area contributed by atoms with E-state index in [2.05, 4.69) is 58.9 Å². The molecule has 1 aromatic carbocycles. The summed E-state index contributed by atoms with van der Waals surface area (Å²) in [5.41, 5.74) is 1.30. The molecular formula is C17H28N4O. The summed E-state index contributed by atoms with van der Waals surface area (Å²) in [6.45, 7) is 2.51. The van der Waals surface area contributed by atoms with Gasteiger partial charge in [0.05, 0.1) is 12.1 Å². The van der Waals surface area contributed by atoms with Crippen LogP contribution in [0.4, 0.5) is 0 Å². The van der Waals surface area contributed by atoms with Crippen molar-refractivity contribution >= 4 is 5.96 Å². The van der Waals surface area contributed by atoms with Crippen molar-refractivity contribution in [3.05, 3.63) is 35.9 Å². The summed E-state index contributed by atoms with van der Waals surface area (Å²) in [7, 11) is 6.00.